The molecule has 0 unspecified atom stereocenters. The summed E-state index contributed by atoms with van der Waals surface area (Å²) in [5, 5.41) is 32.5. The van der Waals surface area contributed by atoms with Gasteiger partial charge in [-0.3, -0.25) is 4.79 Å². The number of halogens is 2. The van der Waals surface area contributed by atoms with E-state index in [1.54, 1.807) is 0 Å². The highest BCUT2D eigenvalue weighted by molar-refractivity contribution is 7.85. The second-order valence-electron chi connectivity index (χ2n) is 7.50. The molecule has 0 spiro atoms. The highest BCUT2D eigenvalue weighted by Gasteiger charge is 2.27. The van der Waals surface area contributed by atoms with Crippen LogP contribution in [0.3, 0.4) is 0 Å². The zero-order chi connectivity index (χ0) is 26.4. The number of benzene rings is 2. The number of carboxylic acid groups (broad SMARTS) is 2. The van der Waals surface area contributed by atoms with E-state index in [0.717, 1.165) is 24.3 Å². The molecule has 0 radical (unpaired) electrons. The number of hydrogen-bond acceptors (Lipinski definition) is 8. The number of carbonyl (C=O) groups is 3. The average Bonchev–Trinajstić information content (AvgIpc) is 2.73. The molecule has 9 nitrogen and oxygen atoms in total. The fourth-order valence-corrected chi connectivity index (χ4v) is 4.96. The van der Waals surface area contributed by atoms with Crippen molar-refractivity contribution in [3.05, 3.63) is 85.4 Å². The minimum absolute atomic E-state index is 0.0189. The summed E-state index contributed by atoms with van der Waals surface area (Å²) in [6.45, 7) is 2.64. The lowest BCUT2D eigenvalue weighted by Gasteiger charge is -2.24. The van der Waals surface area contributed by atoms with Crippen LogP contribution < -0.4 is 10.2 Å². The van der Waals surface area contributed by atoms with Gasteiger partial charge in [-0.25, -0.2) is 13.2 Å². The first-order valence-corrected chi connectivity index (χ1v) is 11.7. The fourth-order valence-electron chi connectivity index (χ4n) is 3.56. The maximum atomic E-state index is 12.3. The number of aryl methyl sites for hydroxylation is 1. The Kier molecular flexibility index (Phi) is 6.96. The normalized spacial score (nSPS) is 15.4. The van der Waals surface area contributed by atoms with E-state index in [-0.39, 0.29) is 38.4 Å². The molecule has 0 fully saturated rings. The molecule has 1 aliphatic rings. The lowest BCUT2D eigenvalue weighted by molar-refractivity contribution is -0.276. The number of rotatable bonds is 5. The lowest BCUT2D eigenvalue weighted by Crippen LogP contribution is -2.24. The molecular formula is C23H13Cl2O9S-3. The summed E-state index contributed by atoms with van der Waals surface area (Å²) >= 11 is 12.6. The highest BCUT2D eigenvalue weighted by atomic mass is 35.5. The van der Waals surface area contributed by atoms with Crippen molar-refractivity contribution in [2.75, 3.05) is 0 Å². The molecule has 0 amide bonds. The van der Waals surface area contributed by atoms with Crippen LogP contribution in [0.25, 0.3) is 5.57 Å². The zero-order valence-electron chi connectivity index (χ0n) is 17.8. The van der Waals surface area contributed by atoms with Crippen LogP contribution in [0, 0.1) is 6.92 Å². The van der Waals surface area contributed by atoms with Crippen molar-refractivity contribution in [3.63, 3.8) is 0 Å². The van der Waals surface area contributed by atoms with Crippen LogP contribution in [0.2, 0.25) is 10.0 Å². The van der Waals surface area contributed by atoms with Crippen molar-refractivity contribution in [2.24, 2.45) is 0 Å². The topological polar surface area (TPSA) is 175 Å². The van der Waals surface area contributed by atoms with E-state index >= 15 is 0 Å². The second kappa shape index (κ2) is 9.31. The molecule has 0 saturated carbocycles. The lowest BCUT2D eigenvalue weighted by atomic mass is 9.85. The van der Waals surface area contributed by atoms with Crippen molar-refractivity contribution >= 4 is 56.6 Å². The summed E-state index contributed by atoms with van der Waals surface area (Å²) < 4.78 is 35.3. The van der Waals surface area contributed by atoms with E-state index in [0.29, 0.717) is 0 Å². The molecule has 35 heavy (non-hydrogen) atoms. The Hall–Kier alpha value is -3.44. The molecule has 1 N–H and O–H groups in total. The summed E-state index contributed by atoms with van der Waals surface area (Å²) in [6.07, 6.45) is 2.23. The van der Waals surface area contributed by atoms with Gasteiger partial charge in [0.2, 0.25) is 0 Å². The Balaban J connectivity index is 2.59. The minimum Gasteiger partial charge on any atom is -0.872 e. The van der Waals surface area contributed by atoms with Crippen molar-refractivity contribution in [1.29, 1.82) is 0 Å². The van der Waals surface area contributed by atoms with Crippen molar-refractivity contribution in [1.82, 2.24) is 0 Å². The number of ketones is 1. The van der Waals surface area contributed by atoms with Crippen LogP contribution in [0.15, 0.2) is 58.0 Å². The highest BCUT2D eigenvalue weighted by Crippen LogP contribution is 2.43. The van der Waals surface area contributed by atoms with Gasteiger partial charge < -0.3 is 24.7 Å². The van der Waals surface area contributed by atoms with Crippen LogP contribution in [0.1, 0.15) is 34.0 Å². The first kappa shape index (κ1) is 26.2. The number of carbonyl (C=O) groups excluding carboxylic acids is 2. The predicted octanol–water partition coefficient (Wildman–Crippen LogP) is 1.98. The Bertz CT molecular complexity index is 1530. The Labute approximate surface area is 209 Å². The number of aliphatic carboxylic acids is 1. The third kappa shape index (κ3) is 4.87. The molecule has 1 aliphatic carbocycles. The van der Waals surface area contributed by atoms with Crippen LogP contribution in [0.5, 0.6) is 5.75 Å². The summed E-state index contributed by atoms with van der Waals surface area (Å²) in [5.74, 6) is -5.01. The summed E-state index contributed by atoms with van der Waals surface area (Å²) in [6, 6.07) is 4.11. The van der Waals surface area contributed by atoms with Gasteiger partial charge >= 0.3 is 5.97 Å². The third-order valence-corrected chi connectivity index (χ3v) is 6.85. The predicted molar refractivity (Wildman–Crippen MR) is 120 cm³/mol. The third-order valence-electron chi connectivity index (χ3n) is 5.15. The maximum absolute atomic E-state index is 12.3. The molecule has 0 bridgehead atoms. The summed E-state index contributed by atoms with van der Waals surface area (Å²) in [7, 11) is -5.10. The van der Waals surface area contributed by atoms with Crippen LogP contribution >= 0.6 is 23.2 Å². The number of allylic oxidation sites excluding steroid dienone is 4. The molecule has 0 saturated heterocycles. The van der Waals surface area contributed by atoms with E-state index in [4.69, 9.17) is 23.2 Å². The van der Waals surface area contributed by atoms with E-state index in [1.165, 1.54) is 26.0 Å². The molecule has 12 heteroatoms. The molecule has 3 rings (SSSR count). The van der Waals surface area contributed by atoms with E-state index in [2.05, 4.69) is 0 Å². The SMILES string of the molecule is CC1=C/C(=C(/c2cc(C)c([O-])c(C(=O)[O-])c2)c2c(Cl)ccc(S(=O)(=O)[O-])c2Cl)C=C(C(=O)O)C1=O. The van der Waals surface area contributed by atoms with Gasteiger partial charge in [0.1, 0.15) is 15.7 Å². The van der Waals surface area contributed by atoms with Gasteiger partial charge in [0.25, 0.3) is 0 Å². The molecule has 0 heterocycles. The molecule has 0 atom stereocenters. The number of Topliss-reactive ketones (excluding diaryl/α,β-unsaturated/α-hetero) is 1. The molecule has 0 aromatic heterocycles. The first-order valence-electron chi connectivity index (χ1n) is 9.55. The molecule has 2 aromatic rings. The molecule has 182 valence electrons. The molecule has 2 aromatic carbocycles. The van der Waals surface area contributed by atoms with Crippen molar-refractivity contribution in [3.8, 4) is 5.75 Å². The number of hydrogen-bond donors (Lipinski definition) is 1. The standard InChI is InChI=1S/C23H16Cl2O9S/c1-9-5-11(7-13(20(9)26)22(28)29)17(12-6-10(2)21(27)14(8-12)23(30)31)18-15(24)3-4-16(19(18)25)35(32,33)34/h3-8,26H,1-2H3,(H,28,29)(H,30,31)(H,32,33,34)/p-3/b17-12+. The number of carboxylic acids is 2. The Morgan fingerprint density at radius 1 is 1.06 bits per heavy atom. The van der Waals surface area contributed by atoms with Crippen LogP contribution in [-0.4, -0.2) is 35.8 Å². The van der Waals surface area contributed by atoms with E-state index in [1.807, 2.05) is 0 Å². The second-order valence-corrected chi connectivity index (χ2v) is 9.63. The van der Waals surface area contributed by atoms with Crippen LogP contribution in [0.4, 0.5) is 0 Å². The van der Waals surface area contributed by atoms with Crippen molar-refractivity contribution in [2.45, 2.75) is 18.7 Å². The fraction of sp³-hybridized carbons (Fsp3) is 0.0870. The maximum Gasteiger partial charge on any atom is 0.339 e. The van der Waals surface area contributed by atoms with Gasteiger partial charge in [0.05, 0.1) is 20.9 Å². The summed E-state index contributed by atoms with van der Waals surface area (Å²) in [5.41, 5.74) is -1.90. The van der Waals surface area contributed by atoms with Gasteiger partial charge in [0.15, 0.2) is 5.78 Å². The average molecular weight is 536 g/mol. The molecule has 0 aliphatic heterocycles. The minimum atomic E-state index is -5.10. The summed E-state index contributed by atoms with van der Waals surface area (Å²) in [4.78, 5) is 34.7. The quantitative estimate of drug-likeness (QED) is 0.443. The number of aromatic carboxylic acids is 1. The van der Waals surface area contributed by atoms with Gasteiger partial charge in [-0.15, -0.1) is 0 Å². The smallest absolute Gasteiger partial charge is 0.339 e. The van der Waals surface area contributed by atoms with Crippen molar-refractivity contribution < 1.29 is 42.7 Å². The molecular weight excluding hydrogens is 523 g/mol. The van der Waals surface area contributed by atoms with E-state index in [9.17, 15) is 42.7 Å². The first-order chi connectivity index (χ1) is 16.1. The Morgan fingerprint density at radius 2 is 1.69 bits per heavy atom. The van der Waals surface area contributed by atoms with Gasteiger partial charge in [-0.2, -0.15) is 0 Å². The van der Waals surface area contributed by atoms with Gasteiger partial charge in [-0.05, 0) is 72.0 Å². The monoisotopic (exact) mass is 535 g/mol. The van der Waals surface area contributed by atoms with Gasteiger partial charge in [0, 0.05) is 5.56 Å². The Morgan fingerprint density at radius 3 is 2.23 bits per heavy atom. The van der Waals surface area contributed by atoms with E-state index < -0.39 is 54.6 Å². The van der Waals surface area contributed by atoms with Crippen LogP contribution in [-0.2, 0) is 19.7 Å². The largest absolute Gasteiger partial charge is 0.872 e. The zero-order valence-corrected chi connectivity index (χ0v) is 20.2. The van der Waals surface area contributed by atoms with Gasteiger partial charge in [-0.1, -0.05) is 40.6 Å².